The molecule has 2 atom stereocenters. The number of amides is 1. The second kappa shape index (κ2) is 5.63. The molecule has 2 aromatic rings. The molecule has 0 saturated carbocycles. The van der Waals surface area contributed by atoms with Crippen molar-refractivity contribution in [3.8, 4) is 0 Å². The van der Waals surface area contributed by atoms with Crippen LogP contribution >= 0.6 is 0 Å². The monoisotopic (exact) mass is 268 g/mol. The van der Waals surface area contributed by atoms with Gasteiger partial charge in [0.25, 0.3) is 0 Å². The first-order chi connectivity index (χ1) is 9.74. The highest BCUT2D eigenvalue weighted by Gasteiger charge is 2.21. The molecule has 2 N–H and O–H groups in total. The molecule has 3 heteroatoms. The second-order valence-electron chi connectivity index (χ2n) is 5.50. The van der Waals surface area contributed by atoms with Gasteiger partial charge in [-0.15, -0.1) is 0 Å². The van der Waals surface area contributed by atoms with Crippen molar-refractivity contribution in [1.29, 1.82) is 0 Å². The Kier molecular flexibility index (Phi) is 3.70. The van der Waals surface area contributed by atoms with Gasteiger partial charge in [-0.1, -0.05) is 42.5 Å². The first kappa shape index (κ1) is 13.1. The number of carbonyl (C=O) groups is 1. The Hall–Kier alpha value is -1.87. The van der Waals surface area contributed by atoms with E-state index in [1.807, 2.05) is 0 Å². The van der Waals surface area contributed by atoms with E-state index in [0.717, 1.165) is 13.0 Å². The van der Waals surface area contributed by atoms with Crippen molar-refractivity contribution < 1.29 is 4.79 Å². The van der Waals surface area contributed by atoms with E-state index in [2.05, 4.69) is 60.0 Å². The molecule has 2 aromatic carbocycles. The topological polar surface area (TPSA) is 41.1 Å². The van der Waals surface area contributed by atoms with Crippen molar-refractivity contribution >= 4 is 16.7 Å². The second-order valence-corrected chi connectivity index (χ2v) is 5.50. The minimum absolute atomic E-state index is 0.176. The fraction of sp³-hybridized carbons (Fsp3) is 0.353. The van der Waals surface area contributed by atoms with Gasteiger partial charge < -0.3 is 10.6 Å². The van der Waals surface area contributed by atoms with Crippen LogP contribution in [0.25, 0.3) is 10.8 Å². The van der Waals surface area contributed by atoms with Gasteiger partial charge in [-0.2, -0.15) is 0 Å². The Labute approximate surface area is 119 Å². The Morgan fingerprint density at radius 2 is 2.05 bits per heavy atom. The average Bonchev–Trinajstić information content (AvgIpc) is 2.90. The van der Waals surface area contributed by atoms with Crippen molar-refractivity contribution in [2.45, 2.75) is 31.8 Å². The highest BCUT2D eigenvalue weighted by molar-refractivity contribution is 5.86. The zero-order valence-corrected chi connectivity index (χ0v) is 11.7. The van der Waals surface area contributed by atoms with Crippen LogP contribution in [0.1, 0.15) is 31.4 Å². The van der Waals surface area contributed by atoms with Crippen molar-refractivity contribution in [2.75, 3.05) is 6.54 Å². The molecule has 1 aliphatic rings. The number of fused-ring (bicyclic) bond motifs is 1. The molecule has 3 rings (SSSR count). The number of hydrogen-bond acceptors (Lipinski definition) is 2. The zero-order valence-electron chi connectivity index (χ0n) is 11.7. The molecular formula is C17H20N2O. The molecule has 104 valence electrons. The normalized spacial score (nSPS) is 20.1. The van der Waals surface area contributed by atoms with Crippen LogP contribution in [0, 0.1) is 0 Å². The molecule has 0 bridgehead atoms. The van der Waals surface area contributed by atoms with E-state index < -0.39 is 0 Å². The zero-order chi connectivity index (χ0) is 13.9. The van der Waals surface area contributed by atoms with Crippen molar-refractivity contribution in [1.82, 2.24) is 10.6 Å². The highest BCUT2D eigenvalue weighted by atomic mass is 16.1. The van der Waals surface area contributed by atoms with Crippen LogP contribution in [0.5, 0.6) is 0 Å². The summed E-state index contributed by atoms with van der Waals surface area (Å²) in [6, 6.07) is 15.4. The van der Waals surface area contributed by atoms with Crippen molar-refractivity contribution in [3.63, 3.8) is 0 Å². The maximum absolute atomic E-state index is 11.2. The number of benzene rings is 2. The maximum Gasteiger partial charge on any atom is 0.220 e. The largest absolute Gasteiger partial charge is 0.352 e. The van der Waals surface area contributed by atoms with Gasteiger partial charge in [-0.05, 0) is 29.7 Å². The van der Waals surface area contributed by atoms with Gasteiger partial charge in [-0.25, -0.2) is 0 Å². The van der Waals surface area contributed by atoms with E-state index in [0.29, 0.717) is 6.42 Å². The number of hydrogen-bond donors (Lipinski definition) is 2. The molecule has 20 heavy (non-hydrogen) atoms. The minimum atomic E-state index is 0.176. The van der Waals surface area contributed by atoms with Gasteiger partial charge in [-0.3, -0.25) is 4.79 Å². The van der Waals surface area contributed by atoms with Crippen LogP contribution in [0.4, 0.5) is 0 Å². The van der Waals surface area contributed by atoms with Crippen LogP contribution in [-0.4, -0.2) is 18.5 Å². The third-order valence-electron chi connectivity index (χ3n) is 4.05. The summed E-state index contributed by atoms with van der Waals surface area (Å²) in [6.45, 7) is 3.01. The van der Waals surface area contributed by atoms with Gasteiger partial charge in [0.2, 0.25) is 5.91 Å². The lowest BCUT2D eigenvalue weighted by molar-refractivity contribution is -0.119. The predicted molar refractivity (Wildman–Crippen MR) is 81.5 cm³/mol. The van der Waals surface area contributed by atoms with Gasteiger partial charge in [0, 0.05) is 25.0 Å². The lowest BCUT2D eigenvalue weighted by Gasteiger charge is -2.19. The van der Waals surface area contributed by atoms with Gasteiger partial charge in [0.15, 0.2) is 0 Å². The third kappa shape index (κ3) is 2.68. The van der Waals surface area contributed by atoms with Gasteiger partial charge in [0.1, 0.15) is 0 Å². The molecule has 1 amide bonds. The lowest BCUT2D eigenvalue weighted by atomic mass is 9.99. The molecule has 1 aliphatic heterocycles. The van der Waals surface area contributed by atoms with E-state index >= 15 is 0 Å². The van der Waals surface area contributed by atoms with E-state index in [-0.39, 0.29) is 18.0 Å². The smallest absolute Gasteiger partial charge is 0.220 e. The van der Waals surface area contributed by atoms with E-state index in [9.17, 15) is 4.79 Å². The molecule has 1 fully saturated rings. The standard InChI is InChI=1S/C17H20N2O/c1-12(18-11-14-9-10-17(20)19-14)15-8-4-6-13-5-2-3-7-16(13)15/h2-8,12,14,18H,9-11H2,1H3,(H,19,20). The predicted octanol–water partition coefficient (Wildman–Crippen LogP) is 2.77. The average molecular weight is 268 g/mol. The third-order valence-corrected chi connectivity index (χ3v) is 4.05. The summed E-state index contributed by atoms with van der Waals surface area (Å²) in [5.41, 5.74) is 1.31. The number of carbonyl (C=O) groups excluding carboxylic acids is 1. The summed E-state index contributed by atoms with van der Waals surface area (Å²) in [6.07, 6.45) is 1.60. The van der Waals surface area contributed by atoms with Crippen molar-refractivity contribution in [2.24, 2.45) is 0 Å². The molecule has 1 saturated heterocycles. The quantitative estimate of drug-likeness (QED) is 0.895. The first-order valence-corrected chi connectivity index (χ1v) is 7.24. The minimum Gasteiger partial charge on any atom is -0.352 e. The molecule has 0 aromatic heterocycles. The fourth-order valence-corrected chi connectivity index (χ4v) is 2.89. The molecule has 1 heterocycles. The Morgan fingerprint density at radius 3 is 2.85 bits per heavy atom. The lowest BCUT2D eigenvalue weighted by Crippen LogP contribution is -2.36. The number of rotatable bonds is 4. The fourth-order valence-electron chi connectivity index (χ4n) is 2.89. The first-order valence-electron chi connectivity index (χ1n) is 7.24. The number of nitrogens with one attached hydrogen (secondary N) is 2. The van der Waals surface area contributed by atoms with E-state index in [1.54, 1.807) is 0 Å². The summed E-state index contributed by atoms with van der Waals surface area (Å²) < 4.78 is 0. The van der Waals surface area contributed by atoms with Crippen molar-refractivity contribution in [3.05, 3.63) is 48.0 Å². The van der Waals surface area contributed by atoms with Gasteiger partial charge in [0.05, 0.1) is 0 Å². The molecule has 0 spiro atoms. The van der Waals surface area contributed by atoms with Crippen LogP contribution < -0.4 is 10.6 Å². The van der Waals surface area contributed by atoms with Crippen LogP contribution in [0.2, 0.25) is 0 Å². The molecule has 3 nitrogen and oxygen atoms in total. The summed E-state index contributed by atoms with van der Waals surface area (Å²) in [5.74, 6) is 0.176. The van der Waals surface area contributed by atoms with Crippen LogP contribution in [0.3, 0.4) is 0 Å². The molecule has 0 radical (unpaired) electrons. The Balaban J connectivity index is 1.72. The van der Waals surface area contributed by atoms with E-state index in [1.165, 1.54) is 16.3 Å². The summed E-state index contributed by atoms with van der Waals surface area (Å²) >= 11 is 0. The molecular weight excluding hydrogens is 248 g/mol. The summed E-state index contributed by atoms with van der Waals surface area (Å²) in [7, 11) is 0. The van der Waals surface area contributed by atoms with Crippen LogP contribution in [0.15, 0.2) is 42.5 Å². The Bertz CT molecular complexity index is 618. The van der Waals surface area contributed by atoms with Gasteiger partial charge >= 0.3 is 0 Å². The van der Waals surface area contributed by atoms with E-state index in [4.69, 9.17) is 0 Å². The SMILES string of the molecule is CC(NCC1CCC(=O)N1)c1cccc2ccccc12. The summed E-state index contributed by atoms with van der Waals surface area (Å²) in [5, 5.41) is 9.10. The highest BCUT2D eigenvalue weighted by Crippen LogP contribution is 2.24. The molecule has 2 unspecified atom stereocenters. The molecule has 0 aliphatic carbocycles. The summed E-state index contributed by atoms with van der Waals surface area (Å²) in [4.78, 5) is 11.2. The van der Waals surface area contributed by atoms with Crippen LogP contribution in [-0.2, 0) is 4.79 Å². The Morgan fingerprint density at radius 1 is 1.25 bits per heavy atom. The maximum atomic E-state index is 11.2.